The zero-order valence-corrected chi connectivity index (χ0v) is 8.35. The molecule has 0 aliphatic heterocycles. The van der Waals surface area contributed by atoms with Crippen molar-refractivity contribution in [2.45, 2.75) is 0 Å². The SMILES string of the molecule is Clc1cc2cc(I)[nH]c2cn1. The molecule has 0 aliphatic carbocycles. The molecule has 0 spiro atoms. The molecule has 2 nitrogen and oxygen atoms in total. The summed E-state index contributed by atoms with van der Waals surface area (Å²) >= 11 is 7.92. The number of halogens is 2. The lowest BCUT2D eigenvalue weighted by atomic mass is 10.3. The van der Waals surface area contributed by atoms with Crippen LogP contribution in [0.2, 0.25) is 5.15 Å². The molecule has 0 atom stereocenters. The van der Waals surface area contributed by atoms with Crippen molar-refractivity contribution in [1.82, 2.24) is 9.97 Å². The normalized spacial score (nSPS) is 10.7. The van der Waals surface area contributed by atoms with Crippen LogP contribution in [-0.2, 0) is 0 Å². The summed E-state index contributed by atoms with van der Waals surface area (Å²) in [7, 11) is 0. The molecule has 56 valence electrons. The van der Waals surface area contributed by atoms with E-state index in [4.69, 9.17) is 11.6 Å². The number of aromatic nitrogens is 2. The van der Waals surface area contributed by atoms with Crippen molar-refractivity contribution in [2.75, 3.05) is 0 Å². The summed E-state index contributed by atoms with van der Waals surface area (Å²) in [5, 5.41) is 1.64. The van der Waals surface area contributed by atoms with Crippen LogP contribution in [0, 0.1) is 3.70 Å². The second-order valence-electron chi connectivity index (χ2n) is 2.21. The molecule has 0 bridgehead atoms. The van der Waals surface area contributed by atoms with Crippen LogP contribution < -0.4 is 0 Å². The predicted octanol–water partition coefficient (Wildman–Crippen LogP) is 2.82. The average Bonchev–Trinajstić information content (AvgIpc) is 2.27. The molecule has 0 radical (unpaired) electrons. The van der Waals surface area contributed by atoms with E-state index >= 15 is 0 Å². The molecule has 4 heteroatoms. The second-order valence-corrected chi connectivity index (χ2v) is 3.76. The van der Waals surface area contributed by atoms with Gasteiger partial charge in [0.1, 0.15) is 5.15 Å². The van der Waals surface area contributed by atoms with Crippen molar-refractivity contribution in [2.24, 2.45) is 0 Å². The zero-order valence-electron chi connectivity index (χ0n) is 5.44. The first kappa shape index (κ1) is 7.36. The van der Waals surface area contributed by atoms with Gasteiger partial charge in [-0.25, -0.2) is 4.98 Å². The highest BCUT2D eigenvalue weighted by molar-refractivity contribution is 14.1. The fourth-order valence-corrected chi connectivity index (χ4v) is 1.76. The van der Waals surface area contributed by atoms with Gasteiger partial charge >= 0.3 is 0 Å². The molecule has 2 rings (SSSR count). The Bertz CT molecular complexity index is 396. The lowest BCUT2D eigenvalue weighted by Gasteiger charge is -1.87. The standard InChI is InChI=1S/C7H4ClIN2/c8-6-1-4-2-7(9)11-5(4)3-10-6/h1-3,11H. The van der Waals surface area contributed by atoms with Crippen LogP contribution in [0.15, 0.2) is 18.3 Å². The largest absolute Gasteiger partial charge is 0.349 e. The summed E-state index contributed by atoms with van der Waals surface area (Å²) in [6.45, 7) is 0. The Morgan fingerprint density at radius 2 is 2.27 bits per heavy atom. The molecule has 0 fully saturated rings. The summed E-state index contributed by atoms with van der Waals surface area (Å²) in [5.74, 6) is 0. The second kappa shape index (κ2) is 2.64. The highest BCUT2D eigenvalue weighted by atomic mass is 127. The first-order valence-electron chi connectivity index (χ1n) is 3.05. The number of rotatable bonds is 0. The molecule has 0 aromatic carbocycles. The van der Waals surface area contributed by atoms with Gasteiger partial charge in [0, 0.05) is 5.39 Å². The summed E-state index contributed by atoms with van der Waals surface area (Å²) in [5.41, 5.74) is 1.03. The van der Waals surface area contributed by atoms with E-state index in [0.717, 1.165) is 14.6 Å². The van der Waals surface area contributed by atoms with Crippen LogP contribution in [0.4, 0.5) is 0 Å². The van der Waals surface area contributed by atoms with Gasteiger partial charge in [0.2, 0.25) is 0 Å². The van der Waals surface area contributed by atoms with Crippen LogP contribution in [0.3, 0.4) is 0 Å². The van der Waals surface area contributed by atoms with Crippen LogP contribution in [-0.4, -0.2) is 9.97 Å². The molecular formula is C7H4ClIN2. The molecule has 2 aromatic heterocycles. The van der Waals surface area contributed by atoms with Gasteiger partial charge in [0.15, 0.2) is 0 Å². The smallest absolute Gasteiger partial charge is 0.129 e. The highest BCUT2D eigenvalue weighted by Gasteiger charge is 1.98. The van der Waals surface area contributed by atoms with E-state index in [1.807, 2.05) is 12.1 Å². The third-order valence-corrected chi connectivity index (χ3v) is 2.23. The van der Waals surface area contributed by atoms with Gasteiger partial charge in [-0.1, -0.05) is 11.6 Å². The number of hydrogen-bond acceptors (Lipinski definition) is 1. The van der Waals surface area contributed by atoms with Gasteiger partial charge in [0.05, 0.1) is 15.4 Å². The molecule has 11 heavy (non-hydrogen) atoms. The number of nitrogens with zero attached hydrogens (tertiary/aromatic N) is 1. The summed E-state index contributed by atoms with van der Waals surface area (Å²) in [4.78, 5) is 7.10. The molecule has 0 saturated carbocycles. The number of pyridine rings is 1. The molecule has 0 saturated heterocycles. The first-order valence-corrected chi connectivity index (χ1v) is 4.51. The molecule has 1 N–H and O–H groups in total. The lowest BCUT2D eigenvalue weighted by molar-refractivity contribution is 1.33. The third kappa shape index (κ3) is 1.35. The Hall–Kier alpha value is -0.290. The van der Waals surface area contributed by atoms with E-state index < -0.39 is 0 Å². The maximum Gasteiger partial charge on any atom is 0.129 e. The van der Waals surface area contributed by atoms with E-state index in [1.165, 1.54) is 0 Å². The fraction of sp³-hybridized carbons (Fsp3) is 0. The van der Waals surface area contributed by atoms with E-state index in [-0.39, 0.29) is 0 Å². The van der Waals surface area contributed by atoms with Crippen molar-refractivity contribution in [1.29, 1.82) is 0 Å². The number of H-pyrrole nitrogens is 1. The van der Waals surface area contributed by atoms with Gasteiger partial charge in [-0.2, -0.15) is 0 Å². The topological polar surface area (TPSA) is 28.7 Å². The molecule has 2 heterocycles. The first-order chi connectivity index (χ1) is 5.25. The third-order valence-electron chi connectivity index (χ3n) is 1.44. The molecule has 0 amide bonds. The highest BCUT2D eigenvalue weighted by Crippen LogP contribution is 2.18. The molecule has 2 aromatic rings. The number of fused-ring (bicyclic) bond motifs is 1. The van der Waals surface area contributed by atoms with E-state index in [2.05, 4.69) is 32.6 Å². The van der Waals surface area contributed by atoms with Gasteiger partial charge in [-0.15, -0.1) is 0 Å². The number of nitrogens with one attached hydrogen (secondary N) is 1. The maximum atomic E-state index is 5.70. The molecule has 0 aliphatic rings. The van der Waals surface area contributed by atoms with Gasteiger partial charge in [-0.05, 0) is 34.7 Å². The van der Waals surface area contributed by atoms with Crippen molar-refractivity contribution >= 4 is 45.1 Å². The number of hydrogen-bond donors (Lipinski definition) is 1. The van der Waals surface area contributed by atoms with E-state index in [1.54, 1.807) is 6.20 Å². The monoisotopic (exact) mass is 278 g/mol. The summed E-state index contributed by atoms with van der Waals surface area (Å²) in [6.07, 6.45) is 1.74. The Kier molecular flexibility index (Phi) is 1.77. The average molecular weight is 278 g/mol. The van der Waals surface area contributed by atoms with Crippen molar-refractivity contribution in [3.63, 3.8) is 0 Å². The zero-order chi connectivity index (χ0) is 7.84. The Labute approximate surface area is 82.1 Å². The predicted molar refractivity (Wildman–Crippen MR) is 53.8 cm³/mol. The summed E-state index contributed by atoms with van der Waals surface area (Å²) < 4.78 is 1.10. The lowest BCUT2D eigenvalue weighted by Crippen LogP contribution is -1.73. The van der Waals surface area contributed by atoms with E-state index in [9.17, 15) is 0 Å². The molecule has 0 unspecified atom stereocenters. The van der Waals surface area contributed by atoms with Crippen molar-refractivity contribution in [3.8, 4) is 0 Å². The summed E-state index contributed by atoms with van der Waals surface area (Å²) in [6, 6.07) is 3.87. The van der Waals surface area contributed by atoms with Gasteiger partial charge < -0.3 is 4.98 Å². The minimum absolute atomic E-state index is 0.535. The van der Waals surface area contributed by atoms with Crippen LogP contribution in [0.1, 0.15) is 0 Å². The van der Waals surface area contributed by atoms with Gasteiger partial charge in [0.25, 0.3) is 0 Å². The van der Waals surface area contributed by atoms with Crippen molar-refractivity contribution < 1.29 is 0 Å². The quantitative estimate of drug-likeness (QED) is 0.582. The minimum atomic E-state index is 0.535. The maximum absolute atomic E-state index is 5.70. The Morgan fingerprint density at radius 1 is 1.45 bits per heavy atom. The molecular weight excluding hydrogens is 274 g/mol. The Balaban J connectivity index is 2.82. The van der Waals surface area contributed by atoms with E-state index in [0.29, 0.717) is 5.15 Å². The number of aromatic amines is 1. The van der Waals surface area contributed by atoms with Crippen LogP contribution in [0.5, 0.6) is 0 Å². The minimum Gasteiger partial charge on any atom is -0.349 e. The van der Waals surface area contributed by atoms with Crippen LogP contribution in [0.25, 0.3) is 10.9 Å². The fourth-order valence-electron chi connectivity index (χ4n) is 0.969. The van der Waals surface area contributed by atoms with Gasteiger partial charge in [-0.3, -0.25) is 0 Å². The Morgan fingerprint density at radius 3 is 3.09 bits per heavy atom. The van der Waals surface area contributed by atoms with Crippen molar-refractivity contribution in [3.05, 3.63) is 27.2 Å². The van der Waals surface area contributed by atoms with Crippen LogP contribution >= 0.6 is 34.2 Å².